The van der Waals surface area contributed by atoms with Crippen molar-refractivity contribution in [1.29, 1.82) is 0 Å². The van der Waals surface area contributed by atoms with Crippen molar-refractivity contribution >= 4 is 38.7 Å². The summed E-state index contributed by atoms with van der Waals surface area (Å²) >= 11 is 1.49. The Hall–Kier alpha value is -3.10. The minimum atomic E-state index is -0.122. The minimum Gasteiger partial charge on any atom is -0.497 e. The summed E-state index contributed by atoms with van der Waals surface area (Å²) < 4.78 is 17.0. The number of hydrogen-bond acceptors (Lipinski definition) is 7. The van der Waals surface area contributed by atoms with Crippen molar-refractivity contribution in [1.82, 2.24) is 9.88 Å². The van der Waals surface area contributed by atoms with Gasteiger partial charge in [0, 0.05) is 19.2 Å². The molecule has 3 aromatic rings. The lowest BCUT2D eigenvalue weighted by Gasteiger charge is -2.23. The molecule has 0 unspecified atom stereocenters. The van der Waals surface area contributed by atoms with Gasteiger partial charge in [-0.2, -0.15) is 0 Å². The molecule has 1 heterocycles. The lowest BCUT2D eigenvalue weighted by molar-refractivity contribution is -0.114. The van der Waals surface area contributed by atoms with Crippen LogP contribution in [0.15, 0.2) is 42.5 Å². The number of ether oxygens (including phenoxy) is 3. The van der Waals surface area contributed by atoms with Gasteiger partial charge in [0.25, 0.3) is 5.91 Å². The average molecular weight is 470 g/mol. The molecule has 2 aromatic carbocycles. The first-order chi connectivity index (χ1) is 16.0. The van der Waals surface area contributed by atoms with Crippen molar-refractivity contribution in [3.05, 3.63) is 48.0 Å². The topological polar surface area (TPSA) is 64.1 Å². The predicted molar refractivity (Wildman–Crippen MR) is 135 cm³/mol. The summed E-state index contributed by atoms with van der Waals surface area (Å²) in [6.45, 7) is 7.41. The van der Waals surface area contributed by atoms with Crippen LogP contribution in [0.4, 0.5) is 5.13 Å². The number of methoxy groups -OCH3 is 3. The van der Waals surface area contributed by atoms with Gasteiger partial charge < -0.3 is 19.1 Å². The lowest BCUT2D eigenvalue weighted by atomic mass is 10.2. The molecule has 0 aliphatic carbocycles. The van der Waals surface area contributed by atoms with Crippen LogP contribution in [0.5, 0.6) is 17.2 Å². The number of hydrogen-bond donors (Lipinski definition) is 0. The van der Waals surface area contributed by atoms with Gasteiger partial charge in [0.15, 0.2) is 16.6 Å². The molecule has 3 rings (SSSR count). The molecule has 1 aromatic heterocycles. The van der Waals surface area contributed by atoms with E-state index in [-0.39, 0.29) is 5.91 Å². The van der Waals surface area contributed by atoms with Crippen molar-refractivity contribution in [2.45, 2.75) is 13.8 Å². The number of carbonyl (C=O) groups is 1. The van der Waals surface area contributed by atoms with Crippen LogP contribution in [-0.4, -0.2) is 63.3 Å². The van der Waals surface area contributed by atoms with Crippen LogP contribution >= 0.6 is 11.3 Å². The molecule has 0 aliphatic rings. The number of likely N-dealkylation sites (N-methyl/N-ethyl adjacent to an activating group) is 1. The zero-order valence-corrected chi connectivity index (χ0v) is 20.6. The summed E-state index contributed by atoms with van der Waals surface area (Å²) in [5, 5.41) is 0.673. The van der Waals surface area contributed by atoms with Crippen molar-refractivity contribution in [2.75, 3.05) is 52.4 Å². The predicted octanol–water partition coefficient (Wildman–Crippen LogP) is 4.71. The van der Waals surface area contributed by atoms with E-state index in [2.05, 4.69) is 18.7 Å². The molecule has 0 aliphatic heterocycles. The highest BCUT2D eigenvalue weighted by Gasteiger charge is 2.19. The van der Waals surface area contributed by atoms with Crippen molar-refractivity contribution in [2.24, 2.45) is 0 Å². The quantitative estimate of drug-likeness (QED) is 0.379. The molecule has 8 heteroatoms. The molecule has 0 fully saturated rings. The van der Waals surface area contributed by atoms with Crippen molar-refractivity contribution < 1.29 is 19.0 Å². The summed E-state index contributed by atoms with van der Waals surface area (Å²) in [4.78, 5) is 22.0. The standard InChI is InChI=1S/C25H31N3O4S/c1-6-27(7-2)14-15-28(25-26-20-11-10-19(30-3)17-23(20)33-25)24(29)13-9-18-8-12-21(31-4)22(16-18)32-5/h8-13,16-17H,6-7,14-15H2,1-5H3/b13-9+. The number of benzene rings is 2. The Balaban J connectivity index is 1.88. The van der Waals surface area contributed by atoms with Crippen LogP contribution in [0, 0.1) is 0 Å². The first-order valence-corrected chi connectivity index (χ1v) is 11.7. The van der Waals surface area contributed by atoms with Crippen LogP contribution in [0.2, 0.25) is 0 Å². The first-order valence-electron chi connectivity index (χ1n) is 10.9. The largest absolute Gasteiger partial charge is 0.497 e. The highest BCUT2D eigenvalue weighted by molar-refractivity contribution is 7.22. The van der Waals surface area contributed by atoms with Gasteiger partial charge >= 0.3 is 0 Å². The molecule has 0 saturated heterocycles. The number of amides is 1. The second kappa shape index (κ2) is 11.7. The number of carbonyl (C=O) groups excluding carboxylic acids is 1. The highest BCUT2D eigenvalue weighted by atomic mass is 32.1. The molecular weight excluding hydrogens is 438 g/mol. The first kappa shape index (κ1) is 24.5. The third-order valence-electron chi connectivity index (χ3n) is 5.44. The molecule has 33 heavy (non-hydrogen) atoms. The van der Waals surface area contributed by atoms with E-state index in [1.165, 1.54) is 11.3 Å². The van der Waals surface area contributed by atoms with E-state index in [0.717, 1.165) is 41.2 Å². The van der Waals surface area contributed by atoms with Gasteiger partial charge in [-0.1, -0.05) is 31.3 Å². The molecule has 0 spiro atoms. The fourth-order valence-corrected chi connectivity index (χ4v) is 4.46. The summed E-state index contributed by atoms with van der Waals surface area (Å²) in [7, 11) is 4.83. The molecule has 0 N–H and O–H groups in total. The van der Waals surface area contributed by atoms with Gasteiger partial charge in [-0.05, 0) is 55.1 Å². The fraction of sp³-hybridized carbons (Fsp3) is 0.360. The number of nitrogens with zero attached hydrogens (tertiary/aromatic N) is 3. The number of aromatic nitrogens is 1. The fourth-order valence-electron chi connectivity index (χ4n) is 3.43. The molecule has 0 atom stereocenters. The minimum absolute atomic E-state index is 0.122. The molecular formula is C25H31N3O4S. The molecule has 0 radical (unpaired) electrons. The number of anilines is 1. The average Bonchev–Trinajstić information content (AvgIpc) is 3.27. The van der Waals surface area contributed by atoms with E-state index in [1.54, 1.807) is 38.4 Å². The number of rotatable bonds is 11. The maximum absolute atomic E-state index is 13.3. The zero-order chi connectivity index (χ0) is 23.8. The summed E-state index contributed by atoms with van der Waals surface area (Å²) in [5.74, 6) is 1.91. The number of fused-ring (bicyclic) bond motifs is 1. The zero-order valence-electron chi connectivity index (χ0n) is 19.8. The Labute approximate surface area is 199 Å². The maximum Gasteiger partial charge on any atom is 0.252 e. The third kappa shape index (κ3) is 6.03. The summed E-state index contributed by atoms with van der Waals surface area (Å²) in [5.41, 5.74) is 1.69. The molecule has 176 valence electrons. The second-order valence-corrected chi connectivity index (χ2v) is 8.30. The second-order valence-electron chi connectivity index (χ2n) is 7.29. The highest BCUT2D eigenvalue weighted by Crippen LogP contribution is 2.32. The van der Waals surface area contributed by atoms with E-state index in [1.807, 2.05) is 36.4 Å². The van der Waals surface area contributed by atoms with Crippen LogP contribution in [0.3, 0.4) is 0 Å². The van der Waals surface area contributed by atoms with Crippen molar-refractivity contribution in [3.63, 3.8) is 0 Å². The Morgan fingerprint density at radius 1 is 0.970 bits per heavy atom. The summed E-state index contributed by atoms with van der Waals surface area (Å²) in [6.07, 6.45) is 3.36. The Morgan fingerprint density at radius 3 is 2.39 bits per heavy atom. The van der Waals surface area contributed by atoms with Crippen molar-refractivity contribution in [3.8, 4) is 17.2 Å². The third-order valence-corrected chi connectivity index (χ3v) is 6.48. The van der Waals surface area contributed by atoms with Gasteiger partial charge in [0.1, 0.15) is 5.75 Å². The van der Waals surface area contributed by atoms with E-state index in [9.17, 15) is 4.79 Å². The normalized spacial score (nSPS) is 11.3. The molecule has 1 amide bonds. The Kier molecular flexibility index (Phi) is 8.68. The summed E-state index contributed by atoms with van der Waals surface area (Å²) in [6, 6.07) is 11.3. The monoisotopic (exact) mass is 469 g/mol. The van der Waals surface area contributed by atoms with Crippen LogP contribution in [-0.2, 0) is 4.79 Å². The SMILES string of the molecule is CCN(CC)CCN(C(=O)/C=C/c1ccc(OC)c(OC)c1)c1nc2ccc(OC)cc2s1. The van der Waals surface area contributed by atoms with Crippen LogP contribution in [0.1, 0.15) is 19.4 Å². The smallest absolute Gasteiger partial charge is 0.252 e. The van der Waals surface area contributed by atoms with Crippen LogP contribution < -0.4 is 19.1 Å². The van der Waals surface area contributed by atoms with Crippen LogP contribution in [0.25, 0.3) is 16.3 Å². The van der Waals surface area contributed by atoms with E-state index in [4.69, 9.17) is 19.2 Å². The van der Waals surface area contributed by atoms with E-state index < -0.39 is 0 Å². The Bertz CT molecular complexity index is 1110. The lowest BCUT2D eigenvalue weighted by Crippen LogP contribution is -2.38. The van der Waals surface area contributed by atoms with E-state index >= 15 is 0 Å². The van der Waals surface area contributed by atoms with Gasteiger partial charge in [-0.15, -0.1) is 0 Å². The van der Waals surface area contributed by atoms with Gasteiger partial charge in [-0.25, -0.2) is 4.98 Å². The molecule has 7 nitrogen and oxygen atoms in total. The van der Waals surface area contributed by atoms with Gasteiger partial charge in [0.05, 0.1) is 31.5 Å². The number of thiazole rings is 1. The van der Waals surface area contributed by atoms with Gasteiger partial charge in [-0.3, -0.25) is 9.69 Å². The van der Waals surface area contributed by atoms with Gasteiger partial charge in [0.2, 0.25) is 0 Å². The Morgan fingerprint density at radius 2 is 1.73 bits per heavy atom. The molecule has 0 bridgehead atoms. The van der Waals surface area contributed by atoms with E-state index in [0.29, 0.717) is 23.2 Å². The maximum atomic E-state index is 13.3. The molecule has 0 saturated carbocycles.